The molecule has 6 aromatic rings. The Bertz CT molecular complexity index is 1680. The van der Waals surface area contributed by atoms with E-state index in [1.165, 1.54) is 19.9 Å². The Kier molecular flexibility index (Phi) is 6.18. The third-order valence-corrected chi connectivity index (χ3v) is 5.10. The van der Waals surface area contributed by atoms with Gasteiger partial charge in [0.1, 0.15) is 0 Å². The van der Waals surface area contributed by atoms with E-state index in [-0.39, 0.29) is 31.6 Å². The monoisotopic (exact) mass is 612 g/mol. The Morgan fingerprint density at radius 1 is 0.879 bits per heavy atom. The van der Waals surface area contributed by atoms with Crippen LogP contribution < -0.4 is 0 Å². The Morgan fingerprint density at radius 2 is 1.55 bits per heavy atom. The molecule has 0 bridgehead atoms. The maximum absolute atomic E-state index is 10.0. The standard InChI is InChI=1S/C21H11N4.C5H8O2.Ir/c1-2-9-15-13(7-1)14-8-3-6-12-18(14)25-20(15)24-19-21(25)23-17-11-5-4-10-16(17)22-19;1-4(6)3-5(2)7;/h1-8,10-12H;3,6H,1-2H3;/q-1;;. The summed E-state index contributed by atoms with van der Waals surface area (Å²) in [7, 11) is 0. The average Bonchev–Trinajstić information content (AvgIpc) is 3.16. The number of ketones is 1. The predicted octanol–water partition coefficient (Wildman–Crippen LogP) is 5.57. The summed E-state index contributed by atoms with van der Waals surface area (Å²) < 4.78 is 2.10. The molecule has 0 spiro atoms. The first kappa shape index (κ1) is 22.5. The molecule has 0 aliphatic carbocycles. The summed E-state index contributed by atoms with van der Waals surface area (Å²) in [4.78, 5) is 24.4. The molecule has 3 heterocycles. The smallest absolute Gasteiger partial charge is 0.188 e. The van der Waals surface area contributed by atoms with Gasteiger partial charge in [0.15, 0.2) is 17.1 Å². The molecule has 0 amide bonds. The number of rotatable bonds is 1. The van der Waals surface area contributed by atoms with E-state index in [0.717, 1.165) is 44.0 Å². The maximum Gasteiger partial charge on any atom is 0.188 e. The van der Waals surface area contributed by atoms with E-state index in [0.29, 0.717) is 5.65 Å². The number of nitrogens with zero attached hydrogens (tertiary/aromatic N) is 4. The molecule has 1 radical (unpaired) electrons. The van der Waals surface area contributed by atoms with Crippen LogP contribution in [0.25, 0.3) is 49.7 Å². The summed E-state index contributed by atoms with van der Waals surface area (Å²) in [6.45, 7) is 2.85. The number of imidazole rings is 1. The molecule has 3 aromatic heterocycles. The van der Waals surface area contributed by atoms with E-state index >= 15 is 0 Å². The molecule has 0 aliphatic heterocycles. The van der Waals surface area contributed by atoms with Crippen LogP contribution in [0.15, 0.2) is 78.6 Å². The average molecular weight is 612 g/mol. The number of carbonyl (C=O) groups excluding carboxylic acids is 1. The van der Waals surface area contributed by atoms with Gasteiger partial charge in [-0.2, -0.15) is 0 Å². The van der Waals surface area contributed by atoms with Gasteiger partial charge < -0.3 is 9.51 Å². The van der Waals surface area contributed by atoms with Gasteiger partial charge in [-0.05, 0) is 37.4 Å². The van der Waals surface area contributed by atoms with Crippen LogP contribution in [0, 0.1) is 6.07 Å². The fraction of sp³-hybridized carbons (Fsp3) is 0.0769. The molecule has 0 atom stereocenters. The number of hydrogen-bond acceptors (Lipinski definition) is 5. The minimum Gasteiger partial charge on any atom is -0.512 e. The largest absolute Gasteiger partial charge is 0.512 e. The number of pyridine rings is 1. The third-order valence-electron chi connectivity index (χ3n) is 5.10. The third kappa shape index (κ3) is 4.09. The zero-order valence-electron chi connectivity index (χ0n) is 17.9. The number of allylic oxidation sites excluding steroid dienone is 2. The molecule has 0 fully saturated rings. The molecule has 7 heteroatoms. The molecule has 1 N–H and O–H groups in total. The van der Waals surface area contributed by atoms with Gasteiger partial charge in [-0.15, -0.1) is 29.7 Å². The van der Waals surface area contributed by atoms with Crippen molar-refractivity contribution in [2.45, 2.75) is 13.8 Å². The van der Waals surface area contributed by atoms with Gasteiger partial charge in [-0.25, -0.2) is 9.97 Å². The van der Waals surface area contributed by atoms with Crippen molar-refractivity contribution in [2.75, 3.05) is 0 Å². The van der Waals surface area contributed by atoms with E-state index in [1.54, 1.807) is 0 Å². The zero-order valence-corrected chi connectivity index (χ0v) is 20.3. The molecule has 0 saturated heterocycles. The van der Waals surface area contributed by atoms with E-state index in [2.05, 4.69) is 34.7 Å². The molecular weight excluding hydrogens is 593 g/mol. The van der Waals surface area contributed by atoms with Crippen molar-refractivity contribution in [3.8, 4) is 0 Å². The molecule has 33 heavy (non-hydrogen) atoms. The molecule has 3 aromatic carbocycles. The van der Waals surface area contributed by atoms with Crippen molar-refractivity contribution >= 4 is 55.4 Å². The van der Waals surface area contributed by atoms with E-state index < -0.39 is 0 Å². The number of hydrogen-bond donors (Lipinski definition) is 1. The van der Waals surface area contributed by atoms with Crippen LogP contribution in [-0.2, 0) is 24.9 Å². The minimum atomic E-state index is -0.125. The Hall–Kier alpha value is -3.67. The molecular formula is C26H19IrN4O2-. The van der Waals surface area contributed by atoms with Gasteiger partial charge in [-0.1, -0.05) is 35.7 Å². The number of aliphatic hydroxyl groups is 1. The summed E-state index contributed by atoms with van der Waals surface area (Å²) >= 11 is 0. The summed E-state index contributed by atoms with van der Waals surface area (Å²) in [5.74, 6) is -0.0625. The summed E-state index contributed by atoms with van der Waals surface area (Å²) in [5.41, 5.74) is 5.10. The van der Waals surface area contributed by atoms with Gasteiger partial charge in [0.25, 0.3) is 0 Å². The van der Waals surface area contributed by atoms with E-state index in [1.807, 2.05) is 42.5 Å². The van der Waals surface area contributed by atoms with Crippen molar-refractivity contribution in [3.63, 3.8) is 0 Å². The number of benzene rings is 3. The van der Waals surface area contributed by atoms with Crippen molar-refractivity contribution < 1.29 is 30.0 Å². The van der Waals surface area contributed by atoms with Crippen molar-refractivity contribution in [2.24, 2.45) is 0 Å². The van der Waals surface area contributed by atoms with Gasteiger partial charge in [-0.3, -0.25) is 9.78 Å². The van der Waals surface area contributed by atoms with Gasteiger partial charge in [0.05, 0.1) is 22.4 Å². The fourth-order valence-corrected chi connectivity index (χ4v) is 3.89. The van der Waals surface area contributed by atoms with Gasteiger partial charge >= 0.3 is 0 Å². The van der Waals surface area contributed by atoms with Crippen LogP contribution in [0.4, 0.5) is 0 Å². The van der Waals surface area contributed by atoms with Crippen molar-refractivity contribution in [1.82, 2.24) is 19.4 Å². The molecule has 165 valence electrons. The van der Waals surface area contributed by atoms with Crippen molar-refractivity contribution in [1.29, 1.82) is 0 Å². The first-order valence-corrected chi connectivity index (χ1v) is 10.2. The molecule has 0 aliphatic rings. The number of aromatic nitrogens is 4. The molecule has 0 saturated carbocycles. The molecule has 6 rings (SSSR count). The Balaban J connectivity index is 0.000000287. The first-order chi connectivity index (χ1) is 15.5. The second kappa shape index (κ2) is 9.06. The maximum atomic E-state index is 10.0. The Morgan fingerprint density at radius 3 is 2.24 bits per heavy atom. The summed E-state index contributed by atoms with van der Waals surface area (Å²) in [6, 6.07) is 25.6. The molecule has 6 nitrogen and oxygen atoms in total. The first-order valence-electron chi connectivity index (χ1n) is 10.2. The second-order valence-corrected chi connectivity index (χ2v) is 7.50. The van der Waals surface area contributed by atoms with Crippen LogP contribution in [0.1, 0.15) is 13.8 Å². The Labute approximate surface area is 203 Å². The van der Waals surface area contributed by atoms with Crippen LogP contribution in [-0.4, -0.2) is 30.2 Å². The quantitative estimate of drug-likeness (QED) is 0.114. The van der Waals surface area contributed by atoms with Gasteiger partial charge in [0, 0.05) is 31.7 Å². The SMILES string of the molecule is CC(=O)C=C(C)O.[Ir].[c-]1cccc2c1c1nc3nc4ccccc4nc3n1c1ccccc21. The predicted molar refractivity (Wildman–Crippen MR) is 127 cm³/mol. The number of carbonyl (C=O) groups is 1. The topological polar surface area (TPSA) is 80.4 Å². The van der Waals surface area contributed by atoms with E-state index in [9.17, 15) is 4.79 Å². The van der Waals surface area contributed by atoms with Crippen LogP contribution in [0.3, 0.4) is 0 Å². The van der Waals surface area contributed by atoms with Crippen molar-refractivity contribution in [3.05, 3.63) is 84.6 Å². The van der Waals surface area contributed by atoms with Crippen LogP contribution >= 0.6 is 0 Å². The fourth-order valence-electron chi connectivity index (χ4n) is 3.89. The van der Waals surface area contributed by atoms with E-state index in [4.69, 9.17) is 20.1 Å². The number of para-hydroxylation sites is 3. The van der Waals surface area contributed by atoms with Crippen LogP contribution in [0.2, 0.25) is 0 Å². The summed E-state index contributed by atoms with van der Waals surface area (Å²) in [6.07, 6.45) is 1.17. The number of aliphatic hydroxyl groups excluding tert-OH is 1. The summed E-state index contributed by atoms with van der Waals surface area (Å²) in [5, 5.41) is 11.7. The number of fused-ring (bicyclic) bond motifs is 9. The molecule has 0 unspecified atom stereocenters. The zero-order chi connectivity index (χ0) is 22.2. The van der Waals surface area contributed by atoms with Gasteiger partial charge in [0.2, 0.25) is 0 Å². The van der Waals surface area contributed by atoms with Crippen LogP contribution in [0.5, 0.6) is 0 Å². The normalized spacial score (nSPS) is 11.5. The second-order valence-electron chi connectivity index (χ2n) is 7.50. The minimum absolute atomic E-state index is 0.